The van der Waals surface area contributed by atoms with Crippen molar-refractivity contribution in [1.29, 1.82) is 0 Å². The van der Waals surface area contributed by atoms with Crippen molar-refractivity contribution in [3.05, 3.63) is 35.9 Å². The Hall–Kier alpha value is -2.17. The zero-order valence-electron chi connectivity index (χ0n) is 13.7. The molecule has 0 radical (unpaired) electrons. The van der Waals surface area contributed by atoms with E-state index in [1.165, 1.54) is 6.92 Å². The Morgan fingerprint density at radius 1 is 1.10 bits per heavy atom. The lowest BCUT2D eigenvalue weighted by molar-refractivity contribution is -0.126. The maximum absolute atomic E-state index is 11.0. The molecule has 0 bridgehead atoms. The molecule has 0 fully saturated rings. The van der Waals surface area contributed by atoms with Crippen molar-refractivity contribution in [2.45, 2.75) is 47.1 Å². The first-order chi connectivity index (χ1) is 10.1. The molecule has 1 rings (SSSR count). The van der Waals surface area contributed by atoms with Gasteiger partial charge in [-0.05, 0) is 5.56 Å². The highest BCUT2D eigenvalue weighted by Crippen LogP contribution is 2.02. The number of rotatable bonds is 4. The highest BCUT2D eigenvalue weighted by molar-refractivity contribution is 5.85. The average Bonchev–Trinajstić information content (AvgIpc) is 2.53. The van der Waals surface area contributed by atoms with E-state index in [1.54, 1.807) is 0 Å². The topological polar surface area (TPSA) is 89.3 Å². The summed E-state index contributed by atoms with van der Waals surface area (Å²) in [7, 11) is 0. The first kappa shape index (κ1) is 23.9. The van der Waals surface area contributed by atoms with Crippen LogP contribution < -0.4 is 11.1 Å². The minimum Gasteiger partial charge on any atom is -0.368 e. The smallest absolute Gasteiger partial charge is 0.240 e. The van der Waals surface area contributed by atoms with E-state index in [-0.39, 0.29) is 5.91 Å². The molecule has 0 heterocycles. The minimum atomic E-state index is -0.634. The molecule has 1 unspecified atom stereocenters. The molecule has 0 aromatic heterocycles. The molecule has 5 nitrogen and oxygen atoms in total. The van der Waals surface area contributed by atoms with Gasteiger partial charge in [-0.25, -0.2) is 0 Å². The van der Waals surface area contributed by atoms with Crippen LogP contribution in [0.25, 0.3) is 0 Å². The molecule has 21 heavy (non-hydrogen) atoms. The van der Waals surface area contributed by atoms with Crippen molar-refractivity contribution >= 4 is 18.6 Å². The molecular weight excluding hydrogens is 268 g/mol. The van der Waals surface area contributed by atoms with Crippen LogP contribution in [0.5, 0.6) is 0 Å². The molecule has 2 amide bonds. The van der Waals surface area contributed by atoms with Gasteiger partial charge < -0.3 is 15.8 Å². The number of carbonyl (C=O) groups is 3. The first-order valence-corrected chi connectivity index (χ1v) is 6.99. The molecule has 0 spiro atoms. The van der Waals surface area contributed by atoms with Crippen molar-refractivity contribution in [2.75, 3.05) is 0 Å². The van der Waals surface area contributed by atoms with Crippen LogP contribution >= 0.6 is 0 Å². The number of hydrogen-bond donors (Lipinski definition) is 2. The monoisotopic (exact) mass is 296 g/mol. The SMILES string of the molecule is C=O.CC.CC.CC(=O)NC(Cc1ccccc1)C(N)=O. The number of carbonyl (C=O) groups excluding carboxylic acids is 3. The maximum atomic E-state index is 11.0. The van der Waals surface area contributed by atoms with Crippen LogP contribution in [0, 0.1) is 0 Å². The molecule has 1 aromatic rings. The standard InChI is InChI=1S/C11H14N2O2.2C2H6.CH2O/c1-8(14)13-10(11(12)15)7-9-5-3-2-4-6-9;3*1-2/h2-6,10H,7H2,1H3,(H2,12,15)(H,13,14);2*1-2H3;1H2. The molecule has 120 valence electrons. The van der Waals surface area contributed by atoms with Crippen LogP contribution in [-0.2, 0) is 20.8 Å². The Bertz CT molecular complexity index is 367. The van der Waals surface area contributed by atoms with Crippen LogP contribution in [0.2, 0.25) is 0 Å². The molecule has 3 N–H and O–H groups in total. The number of nitrogens with one attached hydrogen (secondary N) is 1. The highest BCUT2D eigenvalue weighted by Gasteiger charge is 2.16. The zero-order valence-corrected chi connectivity index (χ0v) is 13.7. The lowest BCUT2D eigenvalue weighted by atomic mass is 10.1. The van der Waals surface area contributed by atoms with E-state index in [0.717, 1.165) is 5.56 Å². The summed E-state index contributed by atoms with van der Waals surface area (Å²) in [5, 5.41) is 2.51. The van der Waals surface area contributed by atoms with Gasteiger partial charge in [-0.3, -0.25) is 9.59 Å². The van der Waals surface area contributed by atoms with E-state index in [4.69, 9.17) is 10.5 Å². The number of benzene rings is 1. The number of amides is 2. The van der Waals surface area contributed by atoms with E-state index in [1.807, 2.05) is 64.8 Å². The Morgan fingerprint density at radius 3 is 1.86 bits per heavy atom. The fourth-order valence-electron chi connectivity index (χ4n) is 1.32. The third-order valence-corrected chi connectivity index (χ3v) is 2.00. The Labute approximate surface area is 127 Å². The van der Waals surface area contributed by atoms with E-state index in [9.17, 15) is 9.59 Å². The van der Waals surface area contributed by atoms with Gasteiger partial charge in [-0.2, -0.15) is 0 Å². The summed E-state index contributed by atoms with van der Waals surface area (Å²) in [6, 6.07) is 8.78. The highest BCUT2D eigenvalue weighted by atomic mass is 16.2. The first-order valence-electron chi connectivity index (χ1n) is 6.99. The van der Waals surface area contributed by atoms with Gasteiger partial charge in [0, 0.05) is 13.3 Å². The molecule has 0 aliphatic carbocycles. The molecule has 1 atom stereocenters. The lowest BCUT2D eigenvalue weighted by Crippen LogP contribution is -2.44. The second kappa shape index (κ2) is 17.8. The summed E-state index contributed by atoms with van der Waals surface area (Å²) in [5.74, 6) is -0.774. The van der Waals surface area contributed by atoms with Crippen LogP contribution in [0.1, 0.15) is 40.2 Å². The summed E-state index contributed by atoms with van der Waals surface area (Å²) >= 11 is 0. The third kappa shape index (κ3) is 14.1. The van der Waals surface area contributed by atoms with Crippen LogP contribution in [-0.4, -0.2) is 24.6 Å². The number of nitrogens with two attached hydrogens (primary N) is 1. The number of primary amides is 1. The van der Waals surface area contributed by atoms with Crippen molar-refractivity contribution < 1.29 is 14.4 Å². The number of hydrogen-bond acceptors (Lipinski definition) is 3. The summed E-state index contributed by atoms with van der Waals surface area (Å²) in [5.41, 5.74) is 6.15. The summed E-state index contributed by atoms with van der Waals surface area (Å²) in [6.07, 6.45) is 0.426. The van der Waals surface area contributed by atoms with Gasteiger partial charge in [0.2, 0.25) is 11.8 Å². The van der Waals surface area contributed by atoms with Crippen molar-refractivity contribution in [3.8, 4) is 0 Å². The van der Waals surface area contributed by atoms with Gasteiger partial charge in [0.1, 0.15) is 12.8 Å². The quantitative estimate of drug-likeness (QED) is 0.891. The maximum Gasteiger partial charge on any atom is 0.240 e. The fraction of sp³-hybridized carbons (Fsp3) is 0.438. The molecule has 0 aliphatic heterocycles. The van der Waals surface area contributed by atoms with Gasteiger partial charge in [-0.15, -0.1) is 0 Å². The van der Waals surface area contributed by atoms with E-state index in [0.29, 0.717) is 6.42 Å². The molecule has 0 saturated heterocycles. The largest absolute Gasteiger partial charge is 0.368 e. The van der Waals surface area contributed by atoms with Crippen molar-refractivity contribution in [3.63, 3.8) is 0 Å². The lowest BCUT2D eigenvalue weighted by Gasteiger charge is -2.13. The molecule has 0 saturated carbocycles. The van der Waals surface area contributed by atoms with E-state index >= 15 is 0 Å². The van der Waals surface area contributed by atoms with Crippen LogP contribution in [0.3, 0.4) is 0 Å². The third-order valence-electron chi connectivity index (χ3n) is 2.00. The average molecular weight is 296 g/mol. The van der Waals surface area contributed by atoms with Crippen molar-refractivity contribution in [2.24, 2.45) is 5.73 Å². The van der Waals surface area contributed by atoms with Gasteiger partial charge in [-0.1, -0.05) is 58.0 Å². The Balaban J connectivity index is -0.000000478. The van der Waals surface area contributed by atoms with Gasteiger partial charge in [0.05, 0.1) is 0 Å². The predicted molar refractivity (Wildman–Crippen MR) is 86.8 cm³/mol. The summed E-state index contributed by atoms with van der Waals surface area (Å²) in [4.78, 5) is 29.9. The Morgan fingerprint density at radius 2 is 1.52 bits per heavy atom. The molecule has 1 aromatic carbocycles. The van der Waals surface area contributed by atoms with Gasteiger partial charge in [0.15, 0.2) is 0 Å². The zero-order chi connectivity index (χ0) is 17.3. The normalized spacial score (nSPS) is 9.19. The fourth-order valence-corrected chi connectivity index (χ4v) is 1.32. The second-order valence-corrected chi connectivity index (χ2v) is 3.35. The minimum absolute atomic E-state index is 0.255. The molecule has 0 aliphatic rings. The van der Waals surface area contributed by atoms with E-state index < -0.39 is 11.9 Å². The predicted octanol–water partition coefficient (Wildman–Crippen LogP) is 2.09. The second-order valence-electron chi connectivity index (χ2n) is 3.35. The van der Waals surface area contributed by atoms with E-state index in [2.05, 4.69) is 5.32 Å². The van der Waals surface area contributed by atoms with Crippen LogP contribution in [0.15, 0.2) is 30.3 Å². The van der Waals surface area contributed by atoms with Gasteiger partial charge >= 0.3 is 0 Å². The molecule has 5 heteroatoms. The Kier molecular flexibility index (Phi) is 20.3. The summed E-state index contributed by atoms with van der Waals surface area (Å²) in [6.45, 7) is 11.4. The summed E-state index contributed by atoms with van der Waals surface area (Å²) < 4.78 is 0. The molecular formula is C16H28N2O3. The van der Waals surface area contributed by atoms with Gasteiger partial charge in [0.25, 0.3) is 0 Å². The van der Waals surface area contributed by atoms with Crippen LogP contribution in [0.4, 0.5) is 0 Å². The van der Waals surface area contributed by atoms with Crippen molar-refractivity contribution in [1.82, 2.24) is 5.32 Å².